The minimum atomic E-state index is 0.194. The first-order valence-corrected chi connectivity index (χ1v) is 6.64. The van der Waals surface area contributed by atoms with Crippen LogP contribution < -0.4 is 10.1 Å². The summed E-state index contributed by atoms with van der Waals surface area (Å²) >= 11 is 0. The van der Waals surface area contributed by atoms with E-state index in [0.29, 0.717) is 18.5 Å². The topological polar surface area (TPSA) is 47.0 Å². The maximum Gasteiger partial charge on any atom is 0.232 e. The standard InChI is InChI=1S/C14H25N3O/c1-6-16-12(14(3,4)5)8-11-9-15-10-13(17-11)18-7-2/h9-10,12,16H,6-8H2,1-5H3. The van der Waals surface area contributed by atoms with Gasteiger partial charge in [0.1, 0.15) is 0 Å². The lowest BCUT2D eigenvalue weighted by Crippen LogP contribution is -2.42. The molecule has 1 heterocycles. The van der Waals surface area contributed by atoms with Crippen molar-refractivity contribution in [3.63, 3.8) is 0 Å². The van der Waals surface area contributed by atoms with Gasteiger partial charge < -0.3 is 10.1 Å². The SMILES string of the molecule is CCNC(Cc1cncc(OCC)n1)C(C)(C)C. The van der Waals surface area contributed by atoms with Crippen molar-refractivity contribution in [2.75, 3.05) is 13.2 Å². The smallest absolute Gasteiger partial charge is 0.232 e. The van der Waals surface area contributed by atoms with Crippen LogP contribution >= 0.6 is 0 Å². The molecule has 18 heavy (non-hydrogen) atoms. The van der Waals surface area contributed by atoms with Crippen molar-refractivity contribution in [1.29, 1.82) is 0 Å². The lowest BCUT2D eigenvalue weighted by atomic mass is 9.84. The van der Waals surface area contributed by atoms with E-state index >= 15 is 0 Å². The number of likely N-dealkylation sites (N-methyl/N-ethyl adjacent to an activating group) is 1. The fourth-order valence-corrected chi connectivity index (χ4v) is 1.84. The molecule has 0 bridgehead atoms. The highest BCUT2D eigenvalue weighted by molar-refractivity contribution is 5.10. The summed E-state index contributed by atoms with van der Waals surface area (Å²) in [4.78, 5) is 8.66. The molecule has 1 unspecified atom stereocenters. The molecule has 0 amide bonds. The summed E-state index contributed by atoms with van der Waals surface area (Å²) < 4.78 is 5.38. The fraction of sp³-hybridized carbons (Fsp3) is 0.714. The van der Waals surface area contributed by atoms with Crippen molar-refractivity contribution in [3.05, 3.63) is 18.1 Å². The van der Waals surface area contributed by atoms with Crippen LogP contribution in [-0.2, 0) is 6.42 Å². The molecule has 1 aromatic rings. The van der Waals surface area contributed by atoms with Crippen LogP contribution in [0.15, 0.2) is 12.4 Å². The summed E-state index contributed by atoms with van der Waals surface area (Å²) in [6.07, 6.45) is 4.34. The second kappa shape index (κ2) is 6.69. The number of hydrogen-bond acceptors (Lipinski definition) is 4. The molecule has 1 rings (SSSR count). The van der Waals surface area contributed by atoms with E-state index in [1.54, 1.807) is 6.20 Å². The molecule has 1 N–H and O–H groups in total. The van der Waals surface area contributed by atoms with Crippen LogP contribution in [0.25, 0.3) is 0 Å². The number of rotatable bonds is 6. The molecule has 0 saturated carbocycles. The largest absolute Gasteiger partial charge is 0.477 e. The van der Waals surface area contributed by atoms with Gasteiger partial charge in [-0.05, 0) is 18.9 Å². The first-order valence-electron chi connectivity index (χ1n) is 6.64. The van der Waals surface area contributed by atoms with Crippen molar-refractivity contribution >= 4 is 0 Å². The van der Waals surface area contributed by atoms with Gasteiger partial charge in [0.05, 0.1) is 18.5 Å². The highest BCUT2D eigenvalue weighted by atomic mass is 16.5. The minimum absolute atomic E-state index is 0.194. The highest BCUT2D eigenvalue weighted by Gasteiger charge is 2.24. The Morgan fingerprint density at radius 2 is 2.00 bits per heavy atom. The van der Waals surface area contributed by atoms with Gasteiger partial charge in [0.2, 0.25) is 5.88 Å². The Bertz CT molecular complexity index is 360. The molecule has 0 aliphatic rings. The minimum Gasteiger partial charge on any atom is -0.477 e. The predicted molar refractivity (Wildman–Crippen MR) is 73.8 cm³/mol. The number of nitrogens with zero attached hydrogens (tertiary/aromatic N) is 2. The van der Waals surface area contributed by atoms with E-state index in [1.165, 1.54) is 0 Å². The number of aromatic nitrogens is 2. The summed E-state index contributed by atoms with van der Waals surface area (Å²) in [6.45, 7) is 12.4. The van der Waals surface area contributed by atoms with Crippen LogP contribution in [0, 0.1) is 5.41 Å². The van der Waals surface area contributed by atoms with E-state index in [2.05, 4.69) is 43.0 Å². The van der Waals surface area contributed by atoms with E-state index in [9.17, 15) is 0 Å². The summed E-state index contributed by atoms with van der Waals surface area (Å²) in [5.41, 5.74) is 1.17. The Morgan fingerprint density at radius 1 is 1.28 bits per heavy atom. The van der Waals surface area contributed by atoms with E-state index < -0.39 is 0 Å². The van der Waals surface area contributed by atoms with Crippen LogP contribution in [0.1, 0.15) is 40.3 Å². The van der Waals surface area contributed by atoms with E-state index in [1.807, 2.05) is 13.1 Å². The van der Waals surface area contributed by atoms with Gasteiger partial charge in [-0.3, -0.25) is 4.98 Å². The van der Waals surface area contributed by atoms with Gasteiger partial charge in [0, 0.05) is 18.7 Å². The zero-order chi connectivity index (χ0) is 13.6. The molecular formula is C14H25N3O. The monoisotopic (exact) mass is 251 g/mol. The van der Waals surface area contributed by atoms with Crippen molar-refractivity contribution < 1.29 is 4.74 Å². The molecule has 0 saturated heterocycles. The molecule has 0 fully saturated rings. The lowest BCUT2D eigenvalue weighted by Gasteiger charge is -2.31. The molecule has 0 radical (unpaired) electrons. The summed E-state index contributed by atoms with van der Waals surface area (Å²) in [5, 5.41) is 3.51. The molecule has 4 nitrogen and oxygen atoms in total. The Kier molecular flexibility index (Phi) is 5.54. The first-order chi connectivity index (χ1) is 8.47. The number of hydrogen-bond donors (Lipinski definition) is 1. The third kappa shape index (κ3) is 4.61. The van der Waals surface area contributed by atoms with Crippen molar-refractivity contribution in [1.82, 2.24) is 15.3 Å². The zero-order valence-electron chi connectivity index (χ0n) is 12.2. The van der Waals surface area contributed by atoms with Gasteiger partial charge >= 0.3 is 0 Å². The molecule has 0 aliphatic carbocycles. The Hall–Kier alpha value is -1.16. The van der Waals surface area contributed by atoms with E-state index in [0.717, 1.165) is 18.7 Å². The predicted octanol–water partition coefficient (Wildman–Crippen LogP) is 2.44. The second-order valence-corrected chi connectivity index (χ2v) is 5.46. The van der Waals surface area contributed by atoms with Crippen LogP contribution in [-0.4, -0.2) is 29.2 Å². The summed E-state index contributed by atoms with van der Waals surface area (Å²) in [5.74, 6) is 0.610. The highest BCUT2D eigenvalue weighted by Crippen LogP contribution is 2.22. The van der Waals surface area contributed by atoms with Crippen molar-refractivity contribution in [2.24, 2.45) is 5.41 Å². The van der Waals surface area contributed by atoms with E-state index in [4.69, 9.17) is 4.74 Å². The molecule has 4 heteroatoms. The van der Waals surface area contributed by atoms with Crippen LogP contribution in [0.2, 0.25) is 0 Å². The molecule has 0 aliphatic heterocycles. The third-order valence-electron chi connectivity index (χ3n) is 2.86. The first kappa shape index (κ1) is 14.9. The average Bonchev–Trinajstić information content (AvgIpc) is 2.28. The zero-order valence-corrected chi connectivity index (χ0v) is 12.2. The van der Waals surface area contributed by atoms with Gasteiger partial charge in [0.25, 0.3) is 0 Å². The molecule has 1 aromatic heterocycles. The molecule has 102 valence electrons. The van der Waals surface area contributed by atoms with Crippen molar-refractivity contribution in [2.45, 2.75) is 47.1 Å². The third-order valence-corrected chi connectivity index (χ3v) is 2.86. The van der Waals surface area contributed by atoms with Crippen LogP contribution in [0.4, 0.5) is 0 Å². The molecule has 0 spiro atoms. The maximum absolute atomic E-state index is 5.38. The van der Waals surface area contributed by atoms with Gasteiger partial charge in [-0.2, -0.15) is 0 Å². The van der Waals surface area contributed by atoms with E-state index in [-0.39, 0.29) is 5.41 Å². The molecular weight excluding hydrogens is 226 g/mol. The maximum atomic E-state index is 5.38. The van der Waals surface area contributed by atoms with Gasteiger partial charge in [0.15, 0.2) is 0 Å². The van der Waals surface area contributed by atoms with Gasteiger partial charge in [-0.15, -0.1) is 0 Å². The summed E-state index contributed by atoms with van der Waals surface area (Å²) in [7, 11) is 0. The summed E-state index contributed by atoms with van der Waals surface area (Å²) in [6, 6.07) is 0.383. The Balaban J connectivity index is 2.77. The van der Waals surface area contributed by atoms with Crippen molar-refractivity contribution in [3.8, 4) is 5.88 Å². The van der Waals surface area contributed by atoms with Crippen LogP contribution in [0.3, 0.4) is 0 Å². The normalized spacial score (nSPS) is 13.4. The Labute approximate surface area is 110 Å². The average molecular weight is 251 g/mol. The van der Waals surface area contributed by atoms with Gasteiger partial charge in [-0.25, -0.2) is 4.98 Å². The number of nitrogens with one attached hydrogen (secondary N) is 1. The number of ether oxygens (including phenoxy) is 1. The van der Waals surface area contributed by atoms with Crippen LogP contribution in [0.5, 0.6) is 5.88 Å². The Morgan fingerprint density at radius 3 is 2.56 bits per heavy atom. The molecule has 0 aromatic carbocycles. The lowest BCUT2D eigenvalue weighted by molar-refractivity contribution is 0.266. The quantitative estimate of drug-likeness (QED) is 0.843. The molecule has 1 atom stereocenters. The second-order valence-electron chi connectivity index (χ2n) is 5.46. The van der Waals surface area contributed by atoms with Gasteiger partial charge in [-0.1, -0.05) is 27.7 Å². The fourth-order valence-electron chi connectivity index (χ4n) is 1.84.